The Kier molecular flexibility index (Phi) is 3.50. The van der Waals surface area contributed by atoms with Crippen molar-refractivity contribution in [1.29, 1.82) is 0 Å². The fourth-order valence-corrected chi connectivity index (χ4v) is 1.80. The molecule has 0 saturated heterocycles. The maximum atomic E-state index is 13.6. The Balaban J connectivity index is 2.21. The minimum absolute atomic E-state index is 0.114. The number of hydrogen-bond donors (Lipinski definition) is 2. The summed E-state index contributed by atoms with van der Waals surface area (Å²) in [6, 6.07) is 4.72. The number of carboxylic acid groups (broad SMARTS) is 1. The molecule has 0 aliphatic rings. The lowest BCUT2D eigenvalue weighted by atomic mass is 10.2. The van der Waals surface area contributed by atoms with E-state index < -0.39 is 5.97 Å². The SMILES string of the molecule is Cc1ccc(F)c(NCc2c(C(=O)O)cnn2C)c1. The molecule has 2 aromatic rings. The minimum Gasteiger partial charge on any atom is -0.478 e. The van der Waals surface area contributed by atoms with E-state index in [4.69, 9.17) is 5.11 Å². The number of carbonyl (C=O) groups is 1. The van der Waals surface area contributed by atoms with Crippen molar-refractivity contribution in [2.24, 2.45) is 7.05 Å². The van der Waals surface area contributed by atoms with E-state index in [1.807, 2.05) is 6.92 Å². The second-order valence-corrected chi connectivity index (χ2v) is 4.27. The molecule has 100 valence electrons. The van der Waals surface area contributed by atoms with Crippen LogP contribution in [0.1, 0.15) is 21.6 Å². The molecule has 19 heavy (non-hydrogen) atoms. The van der Waals surface area contributed by atoms with E-state index in [9.17, 15) is 9.18 Å². The summed E-state index contributed by atoms with van der Waals surface area (Å²) < 4.78 is 15.0. The molecule has 2 rings (SSSR count). The first-order valence-electron chi connectivity index (χ1n) is 5.73. The highest BCUT2D eigenvalue weighted by Crippen LogP contribution is 2.17. The number of aryl methyl sites for hydroxylation is 2. The van der Waals surface area contributed by atoms with Crippen LogP contribution in [0.3, 0.4) is 0 Å². The number of carboxylic acids is 1. The van der Waals surface area contributed by atoms with E-state index in [0.29, 0.717) is 11.4 Å². The van der Waals surface area contributed by atoms with Gasteiger partial charge in [-0.25, -0.2) is 9.18 Å². The average molecular weight is 263 g/mol. The van der Waals surface area contributed by atoms with Crippen molar-refractivity contribution in [3.8, 4) is 0 Å². The zero-order valence-electron chi connectivity index (χ0n) is 10.6. The molecular weight excluding hydrogens is 249 g/mol. The lowest BCUT2D eigenvalue weighted by Gasteiger charge is -2.09. The molecule has 0 radical (unpaired) electrons. The highest BCUT2D eigenvalue weighted by atomic mass is 19.1. The number of halogens is 1. The average Bonchev–Trinajstić information content (AvgIpc) is 2.72. The second-order valence-electron chi connectivity index (χ2n) is 4.27. The number of hydrogen-bond acceptors (Lipinski definition) is 3. The fourth-order valence-electron chi connectivity index (χ4n) is 1.80. The van der Waals surface area contributed by atoms with Crippen LogP contribution in [0, 0.1) is 12.7 Å². The van der Waals surface area contributed by atoms with Crippen molar-refractivity contribution in [2.75, 3.05) is 5.32 Å². The normalized spacial score (nSPS) is 10.5. The van der Waals surface area contributed by atoms with Gasteiger partial charge in [-0.05, 0) is 24.6 Å². The lowest BCUT2D eigenvalue weighted by Crippen LogP contribution is -2.11. The van der Waals surface area contributed by atoms with E-state index >= 15 is 0 Å². The van der Waals surface area contributed by atoms with Crippen LogP contribution in [0.25, 0.3) is 0 Å². The summed E-state index contributed by atoms with van der Waals surface area (Å²) in [4.78, 5) is 11.0. The van der Waals surface area contributed by atoms with Gasteiger partial charge in [-0.15, -0.1) is 0 Å². The number of aromatic nitrogens is 2. The van der Waals surface area contributed by atoms with E-state index in [2.05, 4.69) is 10.4 Å². The smallest absolute Gasteiger partial charge is 0.339 e. The van der Waals surface area contributed by atoms with Crippen molar-refractivity contribution in [3.05, 3.63) is 47.0 Å². The number of nitrogens with one attached hydrogen (secondary N) is 1. The molecule has 5 nitrogen and oxygen atoms in total. The minimum atomic E-state index is -1.05. The molecule has 0 unspecified atom stereocenters. The monoisotopic (exact) mass is 263 g/mol. The summed E-state index contributed by atoms with van der Waals surface area (Å²) in [5.74, 6) is -1.42. The molecule has 0 bridgehead atoms. The molecule has 0 fully saturated rings. The van der Waals surface area contributed by atoms with Crippen molar-refractivity contribution >= 4 is 11.7 Å². The maximum Gasteiger partial charge on any atom is 0.339 e. The molecule has 0 aliphatic carbocycles. The molecule has 0 spiro atoms. The lowest BCUT2D eigenvalue weighted by molar-refractivity contribution is 0.0695. The number of anilines is 1. The van der Waals surface area contributed by atoms with E-state index in [1.165, 1.54) is 16.9 Å². The van der Waals surface area contributed by atoms with Crippen LogP contribution in [-0.4, -0.2) is 20.9 Å². The third kappa shape index (κ3) is 2.73. The van der Waals surface area contributed by atoms with Gasteiger partial charge in [0.05, 0.1) is 24.1 Å². The Morgan fingerprint density at radius 1 is 1.53 bits per heavy atom. The molecule has 2 N–H and O–H groups in total. The van der Waals surface area contributed by atoms with Gasteiger partial charge in [-0.2, -0.15) is 5.10 Å². The molecule has 1 aromatic heterocycles. The summed E-state index contributed by atoms with van der Waals surface area (Å²) >= 11 is 0. The number of rotatable bonds is 4. The topological polar surface area (TPSA) is 67.2 Å². The van der Waals surface area contributed by atoms with Crippen LogP contribution in [0.5, 0.6) is 0 Å². The summed E-state index contributed by atoms with van der Waals surface area (Å²) in [6.07, 6.45) is 1.28. The van der Waals surface area contributed by atoms with Crippen molar-refractivity contribution < 1.29 is 14.3 Å². The largest absolute Gasteiger partial charge is 0.478 e. The van der Waals surface area contributed by atoms with Crippen molar-refractivity contribution in [3.63, 3.8) is 0 Å². The summed E-state index contributed by atoms with van der Waals surface area (Å²) in [7, 11) is 1.65. The maximum absolute atomic E-state index is 13.6. The van der Waals surface area contributed by atoms with Crippen LogP contribution in [0.2, 0.25) is 0 Å². The van der Waals surface area contributed by atoms with Gasteiger partial charge in [0.2, 0.25) is 0 Å². The quantitative estimate of drug-likeness (QED) is 0.887. The van der Waals surface area contributed by atoms with Gasteiger partial charge in [-0.1, -0.05) is 6.07 Å². The first-order chi connectivity index (χ1) is 8.99. The van der Waals surface area contributed by atoms with Gasteiger partial charge in [0.25, 0.3) is 0 Å². The zero-order valence-corrected chi connectivity index (χ0v) is 10.6. The highest BCUT2D eigenvalue weighted by molar-refractivity contribution is 5.88. The van der Waals surface area contributed by atoms with Gasteiger partial charge in [-0.3, -0.25) is 4.68 Å². The third-order valence-corrected chi connectivity index (χ3v) is 2.86. The summed E-state index contributed by atoms with van der Waals surface area (Å²) in [5, 5.41) is 15.8. The summed E-state index contributed by atoms with van der Waals surface area (Å²) in [6.45, 7) is 2.05. The van der Waals surface area contributed by atoms with Gasteiger partial charge in [0.15, 0.2) is 0 Å². The van der Waals surface area contributed by atoms with Crippen LogP contribution in [0.4, 0.5) is 10.1 Å². The molecule has 0 saturated carbocycles. The Morgan fingerprint density at radius 3 is 2.95 bits per heavy atom. The van der Waals surface area contributed by atoms with Gasteiger partial charge >= 0.3 is 5.97 Å². The molecule has 6 heteroatoms. The first kappa shape index (κ1) is 13.1. The van der Waals surface area contributed by atoms with Crippen LogP contribution >= 0.6 is 0 Å². The predicted octanol–water partition coefficient (Wildman–Crippen LogP) is 2.18. The summed E-state index contributed by atoms with van der Waals surface area (Å²) in [5.41, 5.74) is 1.88. The van der Waals surface area contributed by atoms with E-state index in [-0.39, 0.29) is 17.9 Å². The van der Waals surface area contributed by atoms with Crippen LogP contribution < -0.4 is 5.32 Å². The van der Waals surface area contributed by atoms with Gasteiger partial charge in [0, 0.05) is 7.05 Å². The standard InChI is InChI=1S/C13H14FN3O2/c1-8-3-4-10(14)11(5-8)15-7-12-9(13(18)19)6-16-17(12)2/h3-6,15H,7H2,1-2H3,(H,18,19). The molecular formula is C13H14FN3O2. The number of nitrogens with zero attached hydrogens (tertiary/aromatic N) is 2. The second kappa shape index (κ2) is 5.09. The Labute approximate surface area is 109 Å². The molecule has 0 atom stereocenters. The van der Waals surface area contributed by atoms with Crippen LogP contribution in [-0.2, 0) is 13.6 Å². The van der Waals surface area contributed by atoms with E-state index in [1.54, 1.807) is 19.2 Å². The molecule has 0 aliphatic heterocycles. The number of aromatic carboxylic acids is 1. The zero-order chi connectivity index (χ0) is 14.0. The van der Waals surface area contributed by atoms with Crippen molar-refractivity contribution in [2.45, 2.75) is 13.5 Å². The fraction of sp³-hybridized carbons (Fsp3) is 0.231. The predicted molar refractivity (Wildman–Crippen MR) is 68.6 cm³/mol. The van der Waals surface area contributed by atoms with Gasteiger partial charge in [0.1, 0.15) is 11.4 Å². The number of benzene rings is 1. The molecule has 1 heterocycles. The van der Waals surface area contributed by atoms with Crippen LogP contribution in [0.15, 0.2) is 24.4 Å². The van der Waals surface area contributed by atoms with E-state index in [0.717, 1.165) is 5.56 Å². The van der Waals surface area contributed by atoms with Gasteiger partial charge < -0.3 is 10.4 Å². The Hall–Kier alpha value is -2.37. The third-order valence-electron chi connectivity index (χ3n) is 2.86. The van der Waals surface area contributed by atoms with Crippen molar-refractivity contribution in [1.82, 2.24) is 9.78 Å². The Bertz CT molecular complexity index is 622. The Morgan fingerprint density at radius 2 is 2.26 bits per heavy atom. The molecule has 1 aromatic carbocycles. The molecule has 0 amide bonds. The highest BCUT2D eigenvalue weighted by Gasteiger charge is 2.15. The first-order valence-corrected chi connectivity index (χ1v) is 5.73.